The molecule has 1 heterocycles. The van der Waals surface area contributed by atoms with E-state index >= 15 is 0 Å². The Morgan fingerprint density at radius 2 is 2.13 bits per heavy atom. The minimum Gasteiger partial charge on any atom is -0.357 e. The van der Waals surface area contributed by atoms with E-state index in [0.717, 1.165) is 26.1 Å². The molecule has 0 radical (unpaired) electrons. The lowest BCUT2D eigenvalue weighted by Crippen LogP contribution is -2.38. The first-order valence-corrected chi connectivity index (χ1v) is 7.51. The highest BCUT2D eigenvalue weighted by Crippen LogP contribution is 2.07. The van der Waals surface area contributed by atoms with Gasteiger partial charge in [0.2, 0.25) is 0 Å². The number of nitrogens with one attached hydrogen (secondary N) is 2. The molecule has 23 heavy (non-hydrogen) atoms. The van der Waals surface area contributed by atoms with E-state index in [1.54, 1.807) is 24.7 Å². The van der Waals surface area contributed by atoms with E-state index in [1.807, 2.05) is 23.8 Å². The van der Waals surface area contributed by atoms with E-state index in [0.29, 0.717) is 18.1 Å². The topological polar surface area (TPSA) is 54.2 Å². The molecule has 0 aliphatic rings. The highest BCUT2D eigenvalue weighted by Gasteiger charge is 2.01. The Hall–Kier alpha value is -1.64. The van der Waals surface area contributed by atoms with Crippen LogP contribution in [0.3, 0.4) is 0 Å². The third kappa shape index (κ3) is 6.98. The molecular weight excluding hydrogens is 408 g/mol. The monoisotopic (exact) mass is 431 g/mol. The van der Waals surface area contributed by atoms with E-state index in [1.165, 1.54) is 6.07 Å². The van der Waals surface area contributed by atoms with Crippen molar-refractivity contribution >= 4 is 29.9 Å². The van der Waals surface area contributed by atoms with Crippen molar-refractivity contribution in [1.29, 1.82) is 0 Å². The highest BCUT2D eigenvalue weighted by atomic mass is 127. The zero-order chi connectivity index (χ0) is 15.6. The van der Waals surface area contributed by atoms with E-state index in [9.17, 15) is 4.39 Å². The van der Waals surface area contributed by atoms with Gasteiger partial charge in [-0.2, -0.15) is 0 Å². The molecule has 0 aliphatic heterocycles. The average molecular weight is 431 g/mol. The molecule has 0 unspecified atom stereocenters. The minimum atomic E-state index is -0.220. The zero-order valence-electron chi connectivity index (χ0n) is 13.2. The Morgan fingerprint density at radius 1 is 1.30 bits per heavy atom. The maximum Gasteiger partial charge on any atom is 0.191 e. The molecule has 7 heteroatoms. The minimum absolute atomic E-state index is 0. The van der Waals surface area contributed by atoms with Crippen molar-refractivity contribution in [3.63, 3.8) is 0 Å². The van der Waals surface area contributed by atoms with Crippen LogP contribution in [-0.2, 0) is 13.1 Å². The van der Waals surface area contributed by atoms with Gasteiger partial charge in [-0.05, 0) is 19.4 Å². The largest absolute Gasteiger partial charge is 0.357 e. The number of guanidine groups is 1. The lowest BCUT2D eigenvalue weighted by Gasteiger charge is -2.11. The number of aromatic nitrogens is 2. The van der Waals surface area contributed by atoms with Crippen molar-refractivity contribution in [2.24, 2.45) is 4.99 Å². The van der Waals surface area contributed by atoms with Gasteiger partial charge in [0.1, 0.15) is 5.82 Å². The Balaban J connectivity index is 0.00000264. The van der Waals surface area contributed by atoms with Crippen LogP contribution in [0.2, 0.25) is 0 Å². The van der Waals surface area contributed by atoms with Crippen LogP contribution in [0.15, 0.2) is 48.0 Å². The molecule has 126 valence electrons. The van der Waals surface area contributed by atoms with Gasteiger partial charge < -0.3 is 15.2 Å². The van der Waals surface area contributed by atoms with Crippen LogP contribution in [0.25, 0.3) is 0 Å². The molecule has 0 bridgehead atoms. The van der Waals surface area contributed by atoms with Crippen LogP contribution in [-0.4, -0.2) is 28.6 Å². The van der Waals surface area contributed by atoms with Crippen molar-refractivity contribution in [3.8, 4) is 0 Å². The Labute approximate surface area is 153 Å². The second-order valence-corrected chi connectivity index (χ2v) is 4.87. The number of rotatable bonds is 7. The number of nitrogens with zero attached hydrogens (tertiary/aromatic N) is 3. The summed E-state index contributed by atoms with van der Waals surface area (Å²) < 4.78 is 15.6. The number of halogens is 2. The van der Waals surface area contributed by atoms with Crippen LogP contribution in [0.1, 0.15) is 18.9 Å². The van der Waals surface area contributed by atoms with Crippen molar-refractivity contribution in [2.75, 3.05) is 13.1 Å². The van der Waals surface area contributed by atoms with Crippen molar-refractivity contribution in [2.45, 2.75) is 26.4 Å². The number of hydrogen-bond donors (Lipinski definition) is 2. The Bertz CT molecular complexity index is 586. The smallest absolute Gasteiger partial charge is 0.191 e. The summed E-state index contributed by atoms with van der Waals surface area (Å²) >= 11 is 0. The van der Waals surface area contributed by atoms with E-state index in [2.05, 4.69) is 20.6 Å². The first-order chi connectivity index (χ1) is 10.8. The molecule has 2 aromatic rings. The van der Waals surface area contributed by atoms with Crippen molar-refractivity contribution in [1.82, 2.24) is 20.2 Å². The third-order valence-electron chi connectivity index (χ3n) is 3.15. The highest BCUT2D eigenvalue weighted by molar-refractivity contribution is 14.0. The third-order valence-corrected chi connectivity index (χ3v) is 3.15. The molecule has 0 amide bonds. The lowest BCUT2D eigenvalue weighted by molar-refractivity contribution is 0.608. The van der Waals surface area contributed by atoms with Crippen LogP contribution < -0.4 is 10.6 Å². The van der Waals surface area contributed by atoms with Gasteiger partial charge in [0, 0.05) is 37.6 Å². The van der Waals surface area contributed by atoms with E-state index < -0.39 is 0 Å². The summed E-state index contributed by atoms with van der Waals surface area (Å²) in [6.45, 7) is 4.79. The molecule has 1 aromatic heterocycles. The van der Waals surface area contributed by atoms with E-state index in [4.69, 9.17) is 0 Å². The van der Waals surface area contributed by atoms with Gasteiger partial charge in [-0.15, -0.1) is 24.0 Å². The van der Waals surface area contributed by atoms with Gasteiger partial charge in [-0.3, -0.25) is 0 Å². The fourth-order valence-corrected chi connectivity index (χ4v) is 2.02. The van der Waals surface area contributed by atoms with Crippen LogP contribution in [0.5, 0.6) is 0 Å². The SMILES string of the molecule is CCNC(=NCc1ccccc1F)NCCCn1ccnc1.I. The first-order valence-electron chi connectivity index (χ1n) is 7.51. The van der Waals surface area contributed by atoms with Gasteiger partial charge in [-0.25, -0.2) is 14.4 Å². The summed E-state index contributed by atoms with van der Waals surface area (Å²) in [7, 11) is 0. The van der Waals surface area contributed by atoms with Gasteiger partial charge in [0.25, 0.3) is 0 Å². The van der Waals surface area contributed by atoms with Crippen LogP contribution >= 0.6 is 24.0 Å². The second-order valence-electron chi connectivity index (χ2n) is 4.87. The van der Waals surface area contributed by atoms with Gasteiger partial charge in [0.05, 0.1) is 12.9 Å². The quantitative estimate of drug-likeness (QED) is 0.307. The molecular formula is C16H23FIN5. The summed E-state index contributed by atoms with van der Waals surface area (Å²) in [4.78, 5) is 8.42. The summed E-state index contributed by atoms with van der Waals surface area (Å²) in [6, 6.07) is 6.71. The average Bonchev–Trinajstić information content (AvgIpc) is 3.03. The summed E-state index contributed by atoms with van der Waals surface area (Å²) in [5.74, 6) is 0.485. The summed E-state index contributed by atoms with van der Waals surface area (Å²) in [6.07, 6.45) is 6.47. The van der Waals surface area contributed by atoms with Crippen molar-refractivity contribution in [3.05, 3.63) is 54.4 Å². The maximum absolute atomic E-state index is 13.6. The summed E-state index contributed by atoms with van der Waals surface area (Å²) in [5.41, 5.74) is 0.595. The predicted molar refractivity (Wildman–Crippen MR) is 101 cm³/mol. The standard InChI is InChI=1S/C16H22FN5.HI/c1-2-19-16(20-8-5-10-22-11-9-18-13-22)21-12-14-6-3-4-7-15(14)17;/h3-4,6-7,9,11,13H,2,5,8,10,12H2,1H3,(H2,19,20,21);1H. The van der Waals surface area contributed by atoms with Gasteiger partial charge >= 0.3 is 0 Å². The van der Waals surface area contributed by atoms with Gasteiger partial charge in [0.15, 0.2) is 5.96 Å². The molecule has 1 aromatic carbocycles. The molecule has 0 saturated heterocycles. The Kier molecular flexibility index (Phi) is 9.27. The molecule has 2 N–H and O–H groups in total. The number of imidazole rings is 1. The molecule has 0 fully saturated rings. The number of hydrogen-bond acceptors (Lipinski definition) is 2. The van der Waals surface area contributed by atoms with Crippen LogP contribution in [0, 0.1) is 5.82 Å². The molecule has 2 rings (SSSR count). The lowest BCUT2D eigenvalue weighted by atomic mass is 10.2. The first kappa shape index (κ1) is 19.4. The number of benzene rings is 1. The van der Waals surface area contributed by atoms with E-state index in [-0.39, 0.29) is 29.8 Å². The molecule has 0 atom stereocenters. The summed E-state index contributed by atoms with van der Waals surface area (Å²) in [5, 5.41) is 6.42. The van der Waals surface area contributed by atoms with Gasteiger partial charge in [-0.1, -0.05) is 18.2 Å². The fraction of sp³-hybridized carbons (Fsp3) is 0.375. The number of aliphatic imine (C=N–C) groups is 1. The molecule has 0 saturated carbocycles. The predicted octanol–water partition coefficient (Wildman–Crippen LogP) is 2.79. The second kappa shape index (κ2) is 11.0. The fourth-order valence-electron chi connectivity index (χ4n) is 2.02. The van der Waals surface area contributed by atoms with Crippen LogP contribution in [0.4, 0.5) is 4.39 Å². The molecule has 5 nitrogen and oxygen atoms in total. The normalized spacial score (nSPS) is 11.0. The molecule has 0 aliphatic carbocycles. The zero-order valence-corrected chi connectivity index (χ0v) is 15.5. The van der Waals surface area contributed by atoms with Crippen molar-refractivity contribution < 1.29 is 4.39 Å². The Morgan fingerprint density at radius 3 is 2.83 bits per heavy atom. The number of aryl methyl sites for hydroxylation is 1. The maximum atomic E-state index is 13.6. The molecule has 0 spiro atoms.